The van der Waals surface area contributed by atoms with Crippen molar-refractivity contribution >= 4 is 11.9 Å². The molecule has 0 aromatic heterocycles. The molecule has 124 valence electrons. The van der Waals surface area contributed by atoms with Crippen molar-refractivity contribution in [3.8, 4) is 5.75 Å². The van der Waals surface area contributed by atoms with E-state index in [-0.39, 0.29) is 11.8 Å². The van der Waals surface area contributed by atoms with Crippen LogP contribution in [-0.2, 0) is 16.0 Å². The van der Waals surface area contributed by atoms with Gasteiger partial charge in [-0.1, -0.05) is 6.07 Å². The average molecular weight is 317 g/mol. The Labute approximate surface area is 136 Å². The van der Waals surface area contributed by atoms with E-state index < -0.39 is 12.0 Å². The second-order valence-electron chi connectivity index (χ2n) is 6.44. The molecule has 1 fully saturated rings. The fourth-order valence-electron chi connectivity index (χ4n) is 3.88. The zero-order valence-electron chi connectivity index (χ0n) is 13.5. The predicted octanol–water partition coefficient (Wildman–Crippen LogP) is 2.58. The number of rotatable bonds is 4. The molecule has 3 rings (SSSR count). The van der Waals surface area contributed by atoms with E-state index in [2.05, 4.69) is 12.1 Å². The highest BCUT2D eigenvalue weighted by molar-refractivity contribution is 5.84. The summed E-state index contributed by atoms with van der Waals surface area (Å²) in [4.78, 5) is 25.4. The van der Waals surface area contributed by atoms with E-state index in [9.17, 15) is 14.7 Å². The van der Waals surface area contributed by atoms with E-state index in [1.54, 1.807) is 12.0 Å². The maximum atomic E-state index is 12.6. The monoisotopic (exact) mass is 317 g/mol. The Hall–Kier alpha value is -2.04. The Morgan fingerprint density at radius 1 is 1.30 bits per heavy atom. The summed E-state index contributed by atoms with van der Waals surface area (Å²) >= 11 is 0. The minimum atomic E-state index is -0.885. The quantitative estimate of drug-likeness (QED) is 0.927. The van der Waals surface area contributed by atoms with Crippen molar-refractivity contribution in [1.82, 2.24) is 4.90 Å². The predicted molar refractivity (Wildman–Crippen MR) is 85.7 cm³/mol. The molecule has 0 saturated carbocycles. The van der Waals surface area contributed by atoms with Crippen LogP contribution in [0.5, 0.6) is 5.75 Å². The first-order valence-electron chi connectivity index (χ1n) is 8.29. The van der Waals surface area contributed by atoms with Gasteiger partial charge in [0.1, 0.15) is 11.8 Å². The number of carbonyl (C=O) groups is 2. The molecule has 5 heteroatoms. The number of likely N-dealkylation sites (tertiary alicyclic amines) is 1. The number of fused-ring (bicyclic) bond motifs is 1. The molecule has 1 amide bonds. The zero-order chi connectivity index (χ0) is 16.4. The molecule has 5 nitrogen and oxygen atoms in total. The summed E-state index contributed by atoms with van der Waals surface area (Å²) in [6, 6.07) is 5.42. The lowest BCUT2D eigenvalue weighted by molar-refractivity contribution is -0.148. The number of carbonyl (C=O) groups excluding carboxylic acids is 1. The summed E-state index contributed by atoms with van der Waals surface area (Å²) in [5.41, 5.74) is 2.47. The van der Waals surface area contributed by atoms with E-state index in [0.717, 1.165) is 31.4 Å². The minimum Gasteiger partial charge on any atom is -0.497 e. The molecular formula is C18H23NO4. The molecule has 1 aliphatic heterocycles. The Bertz CT molecular complexity index is 613. The number of nitrogens with zero attached hydrogens (tertiary/aromatic N) is 1. The molecule has 23 heavy (non-hydrogen) atoms. The normalized spacial score (nSPS) is 23.4. The molecule has 2 aliphatic rings. The van der Waals surface area contributed by atoms with E-state index in [1.807, 2.05) is 6.07 Å². The first kappa shape index (κ1) is 15.8. The Balaban J connectivity index is 1.74. The molecule has 0 spiro atoms. The van der Waals surface area contributed by atoms with Crippen LogP contribution in [0.15, 0.2) is 18.2 Å². The van der Waals surface area contributed by atoms with Gasteiger partial charge in [0.25, 0.3) is 0 Å². The van der Waals surface area contributed by atoms with Crippen molar-refractivity contribution < 1.29 is 19.4 Å². The lowest BCUT2D eigenvalue weighted by atomic mass is 9.80. The molecule has 1 aliphatic carbocycles. The highest BCUT2D eigenvalue weighted by Crippen LogP contribution is 2.36. The summed E-state index contributed by atoms with van der Waals surface area (Å²) in [6.07, 6.45) is 4.81. The molecule has 2 atom stereocenters. The van der Waals surface area contributed by atoms with Crippen LogP contribution in [0.3, 0.4) is 0 Å². The summed E-state index contributed by atoms with van der Waals surface area (Å²) in [7, 11) is 1.66. The smallest absolute Gasteiger partial charge is 0.326 e. The van der Waals surface area contributed by atoms with Crippen molar-refractivity contribution in [2.24, 2.45) is 0 Å². The van der Waals surface area contributed by atoms with Crippen molar-refractivity contribution in [3.63, 3.8) is 0 Å². The van der Waals surface area contributed by atoms with Gasteiger partial charge in [-0.25, -0.2) is 4.79 Å². The minimum absolute atomic E-state index is 0.0245. The topological polar surface area (TPSA) is 66.8 Å². The first-order valence-corrected chi connectivity index (χ1v) is 8.29. The van der Waals surface area contributed by atoms with Gasteiger partial charge in [-0.3, -0.25) is 4.79 Å². The van der Waals surface area contributed by atoms with Crippen molar-refractivity contribution in [2.75, 3.05) is 13.7 Å². The lowest BCUT2D eigenvalue weighted by Crippen LogP contribution is -2.41. The standard InChI is InChI=1S/C18H23NO4/c1-23-14-7-8-15-12(10-14)4-2-5-13(15)11-17(20)19-9-3-6-16(19)18(21)22/h7-8,10,13,16H,2-6,9,11H2,1H3,(H,21,22)/t13-,16-/m0/s1. The van der Waals surface area contributed by atoms with Crippen molar-refractivity contribution in [2.45, 2.75) is 50.5 Å². The number of carboxylic acid groups (broad SMARTS) is 1. The number of aliphatic carboxylic acids is 1. The van der Waals surface area contributed by atoms with Crippen LogP contribution in [0.4, 0.5) is 0 Å². The van der Waals surface area contributed by atoms with Gasteiger partial charge in [0.05, 0.1) is 7.11 Å². The number of methoxy groups -OCH3 is 1. The number of carboxylic acids is 1. The van der Waals surface area contributed by atoms with Gasteiger partial charge in [0, 0.05) is 13.0 Å². The van der Waals surface area contributed by atoms with Crippen molar-refractivity contribution in [1.29, 1.82) is 0 Å². The van der Waals surface area contributed by atoms with Gasteiger partial charge >= 0.3 is 5.97 Å². The SMILES string of the molecule is COc1ccc2c(c1)CCC[C@H]2CC(=O)N1CCC[C@H]1C(=O)O. The van der Waals surface area contributed by atoms with Gasteiger partial charge in [-0.05, 0) is 61.3 Å². The lowest BCUT2D eigenvalue weighted by Gasteiger charge is -2.28. The van der Waals surface area contributed by atoms with Crippen LogP contribution < -0.4 is 4.74 Å². The molecule has 1 saturated heterocycles. The molecule has 1 heterocycles. The maximum absolute atomic E-state index is 12.6. The largest absolute Gasteiger partial charge is 0.497 e. The summed E-state index contributed by atoms with van der Waals surface area (Å²) in [5.74, 6) is 0.126. The summed E-state index contributed by atoms with van der Waals surface area (Å²) < 4.78 is 5.28. The molecule has 0 unspecified atom stereocenters. The van der Waals surface area contributed by atoms with E-state index in [0.29, 0.717) is 19.4 Å². The Kier molecular flexibility index (Phi) is 4.55. The Morgan fingerprint density at radius 2 is 2.13 bits per heavy atom. The fourth-order valence-corrected chi connectivity index (χ4v) is 3.88. The number of hydrogen-bond acceptors (Lipinski definition) is 3. The molecule has 0 radical (unpaired) electrons. The Morgan fingerprint density at radius 3 is 2.87 bits per heavy atom. The van der Waals surface area contributed by atoms with E-state index in [1.165, 1.54) is 11.1 Å². The van der Waals surface area contributed by atoms with Crippen LogP contribution in [0.1, 0.15) is 49.1 Å². The van der Waals surface area contributed by atoms with Crippen LogP contribution in [0.2, 0.25) is 0 Å². The third kappa shape index (κ3) is 3.19. The first-order chi connectivity index (χ1) is 11.1. The number of aryl methyl sites for hydroxylation is 1. The van der Waals surface area contributed by atoms with Gasteiger partial charge in [-0.2, -0.15) is 0 Å². The van der Waals surface area contributed by atoms with E-state index in [4.69, 9.17) is 4.74 Å². The fraction of sp³-hybridized carbons (Fsp3) is 0.556. The highest BCUT2D eigenvalue weighted by Gasteiger charge is 2.35. The van der Waals surface area contributed by atoms with E-state index >= 15 is 0 Å². The number of hydrogen-bond donors (Lipinski definition) is 1. The summed E-state index contributed by atoms with van der Waals surface area (Å²) in [6.45, 7) is 0.567. The molecule has 1 aromatic carbocycles. The van der Waals surface area contributed by atoms with Crippen LogP contribution in [0, 0.1) is 0 Å². The van der Waals surface area contributed by atoms with Crippen LogP contribution in [0.25, 0.3) is 0 Å². The van der Waals surface area contributed by atoms with Gasteiger partial charge in [0.15, 0.2) is 0 Å². The van der Waals surface area contributed by atoms with Crippen LogP contribution >= 0.6 is 0 Å². The third-order valence-electron chi connectivity index (χ3n) is 5.07. The van der Waals surface area contributed by atoms with Gasteiger partial charge in [0.2, 0.25) is 5.91 Å². The number of ether oxygens (including phenoxy) is 1. The van der Waals surface area contributed by atoms with Crippen molar-refractivity contribution in [3.05, 3.63) is 29.3 Å². The second-order valence-corrected chi connectivity index (χ2v) is 6.44. The second kappa shape index (κ2) is 6.60. The number of benzene rings is 1. The maximum Gasteiger partial charge on any atom is 0.326 e. The molecule has 0 bridgehead atoms. The number of amides is 1. The molecule has 1 aromatic rings. The zero-order valence-corrected chi connectivity index (χ0v) is 13.5. The molecular weight excluding hydrogens is 294 g/mol. The third-order valence-corrected chi connectivity index (χ3v) is 5.07. The summed E-state index contributed by atoms with van der Waals surface area (Å²) in [5, 5.41) is 9.25. The molecule has 1 N–H and O–H groups in total. The van der Waals surface area contributed by atoms with Gasteiger partial charge in [-0.15, -0.1) is 0 Å². The van der Waals surface area contributed by atoms with Gasteiger partial charge < -0.3 is 14.7 Å². The highest BCUT2D eigenvalue weighted by atomic mass is 16.5. The average Bonchev–Trinajstić information content (AvgIpc) is 3.04. The van der Waals surface area contributed by atoms with Crippen LogP contribution in [-0.4, -0.2) is 41.6 Å².